The fourth-order valence-electron chi connectivity index (χ4n) is 3.01. The Hall–Kier alpha value is -3.54. The number of hydrogen-bond donors (Lipinski definition) is 1. The molecule has 2 aromatic carbocycles. The summed E-state index contributed by atoms with van der Waals surface area (Å²) in [6.07, 6.45) is 9.52. The number of nitrogens with one attached hydrogen (secondary N) is 1. The molecule has 0 aliphatic heterocycles. The van der Waals surface area contributed by atoms with Gasteiger partial charge in [-0.3, -0.25) is 0 Å². The first-order chi connectivity index (χ1) is 13.7. The molecule has 2 heterocycles. The lowest BCUT2D eigenvalue weighted by Gasteiger charge is -2.13. The number of methoxy groups -OCH3 is 1. The number of rotatable bonds is 7. The van der Waals surface area contributed by atoms with Crippen molar-refractivity contribution < 1.29 is 13.9 Å². The molecule has 28 heavy (non-hydrogen) atoms. The summed E-state index contributed by atoms with van der Waals surface area (Å²) in [7, 11) is 1.56. The zero-order valence-corrected chi connectivity index (χ0v) is 15.4. The number of H-pyrrole nitrogens is 1. The van der Waals surface area contributed by atoms with E-state index in [4.69, 9.17) is 9.47 Å². The summed E-state index contributed by atoms with van der Waals surface area (Å²) >= 11 is 0. The number of ether oxygens (including phenoxy) is 2. The Kier molecular flexibility index (Phi) is 5.10. The van der Waals surface area contributed by atoms with E-state index < -0.39 is 0 Å². The highest BCUT2D eigenvalue weighted by atomic mass is 19.1. The first kappa shape index (κ1) is 17.9. The van der Waals surface area contributed by atoms with Gasteiger partial charge in [0.05, 0.1) is 13.4 Å². The molecular formula is C22H20FN3O2. The Morgan fingerprint density at radius 3 is 2.61 bits per heavy atom. The molecule has 0 saturated heterocycles. The van der Waals surface area contributed by atoms with Crippen LogP contribution in [0.5, 0.6) is 11.5 Å². The minimum Gasteiger partial charge on any atom is -0.493 e. The van der Waals surface area contributed by atoms with Crippen molar-refractivity contribution in [2.75, 3.05) is 7.11 Å². The Bertz CT molecular complexity index is 1030. The molecule has 2 aromatic heterocycles. The van der Waals surface area contributed by atoms with Crippen LogP contribution in [0.25, 0.3) is 5.69 Å². The molecule has 142 valence electrons. The van der Waals surface area contributed by atoms with Gasteiger partial charge >= 0.3 is 0 Å². The van der Waals surface area contributed by atoms with Crippen LogP contribution in [0.2, 0.25) is 0 Å². The standard InChI is InChI=1S/C22H20FN3O2/c1-27-21-11-18(10-17-6-7-24-13-17)20(23)12-22(21)28-14-16-2-4-19(5-3-16)26-9-8-25-15-26/h2-9,11-13,15,24H,10,14H2,1H3. The summed E-state index contributed by atoms with van der Waals surface area (Å²) < 4.78 is 27.7. The van der Waals surface area contributed by atoms with Gasteiger partial charge < -0.3 is 19.0 Å². The molecule has 0 saturated carbocycles. The third kappa shape index (κ3) is 3.91. The second-order valence-electron chi connectivity index (χ2n) is 6.42. The van der Waals surface area contributed by atoms with E-state index in [1.807, 2.05) is 53.5 Å². The van der Waals surface area contributed by atoms with E-state index in [-0.39, 0.29) is 5.82 Å². The number of imidazole rings is 1. The smallest absolute Gasteiger partial charge is 0.164 e. The van der Waals surface area contributed by atoms with Gasteiger partial charge in [0, 0.05) is 43.0 Å². The summed E-state index contributed by atoms with van der Waals surface area (Å²) in [5, 5.41) is 0. The Balaban J connectivity index is 1.47. The molecule has 5 nitrogen and oxygen atoms in total. The van der Waals surface area contributed by atoms with Crippen molar-refractivity contribution in [2.24, 2.45) is 0 Å². The SMILES string of the molecule is COc1cc(Cc2cc[nH]c2)c(F)cc1OCc1ccc(-n2ccnc2)cc1. The second-order valence-corrected chi connectivity index (χ2v) is 6.42. The summed E-state index contributed by atoms with van der Waals surface area (Å²) in [6.45, 7) is 0.317. The van der Waals surface area contributed by atoms with Crippen molar-refractivity contribution in [1.82, 2.24) is 14.5 Å². The van der Waals surface area contributed by atoms with Gasteiger partial charge in [0.15, 0.2) is 11.5 Å². The van der Waals surface area contributed by atoms with E-state index >= 15 is 0 Å². The maximum Gasteiger partial charge on any atom is 0.164 e. The zero-order valence-electron chi connectivity index (χ0n) is 15.4. The molecule has 0 aliphatic carbocycles. The molecule has 0 bridgehead atoms. The quantitative estimate of drug-likeness (QED) is 0.515. The van der Waals surface area contributed by atoms with Gasteiger partial charge in [0.1, 0.15) is 12.4 Å². The summed E-state index contributed by atoms with van der Waals surface area (Å²) in [5.41, 5.74) is 3.56. The predicted octanol–water partition coefficient (Wildman–Crippen LogP) is 4.52. The van der Waals surface area contributed by atoms with Crippen molar-refractivity contribution in [1.29, 1.82) is 0 Å². The molecule has 0 amide bonds. The molecule has 1 N–H and O–H groups in total. The highest BCUT2D eigenvalue weighted by Crippen LogP contribution is 2.32. The second kappa shape index (κ2) is 8.00. The highest BCUT2D eigenvalue weighted by molar-refractivity contribution is 5.45. The normalized spacial score (nSPS) is 10.8. The lowest BCUT2D eigenvalue weighted by molar-refractivity contribution is 0.282. The monoisotopic (exact) mass is 377 g/mol. The summed E-state index contributed by atoms with van der Waals surface area (Å²) in [5.74, 6) is 0.589. The van der Waals surface area contributed by atoms with Crippen LogP contribution in [0, 0.1) is 5.82 Å². The number of hydrogen-bond acceptors (Lipinski definition) is 3. The van der Waals surface area contributed by atoms with Crippen LogP contribution < -0.4 is 9.47 Å². The van der Waals surface area contributed by atoms with E-state index in [0.717, 1.165) is 16.8 Å². The number of nitrogens with zero attached hydrogens (tertiary/aromatic N) is 2. The topological polar surface area (TPSA) is 52.1 Å². The fraction of sp³-hybridized carbons (Fsp3) is 0.136. The van der Waals surface area contributed by atoms with Crippen molar-refractivity contribution in [3.8, 4) is 17.2 Å². The zero-order chi connectivity index (χ0) is 19.3. The highest BCUT2D eigenvalue weighted by Gasteiger charge is 2.13. The minimum absolute atomic E-state index is 0.313. The van der Waals surface area contributed by atoms with Crippen molar-refractivity contribution >= 4 is 0 Å². The summed E-state index contributed by atoms with van der Waals surface area (Å²) in [6, 6.07) is 12.9. The number of benzene rings is 2. The van der Waals surface area contributed by atoms with E-state index in [0.29, 0.717) is 30.1 Å². The van der Waals surface area contributed by atoms with Crippen molar-refractivity contribution in [3.05, 3.63) is 96.1 Å². The van der Waals surface area contributed by atoms with Gasteiger partial charge in [0.25, 0.3) is 0 Å². The third-order valence-electron chi connectivity index (χ3n) is 4.52. The summed E-state index contributed by atoms with van der Waals surface area (Å²) in [4.78, 5) is 7.02. The number of aromatic amines is 1. The van der Waals surface area contributed by atoms with Crippen LogP contribution in [0.15, 0.2) is 73.6 Å². The number of aromatic nitrogens is 3. The average molecular weight is 377 g/mol. The van der Waals surface area contributed by atoms with Crippen LogP contribution in [-0.4, -0.2) is 21.6 Å². The molecule has 0 atom stereocenters. The maximum absolute atomic E-state index is 14.5. The Morgan fingerprint density at radius 2 is 1.93 bits per heavy atom. The largest absolute Gasteiger partial charge is 0.493 e. The maximum atomic E-state index is 14.5. The molecule has 4 rings (SSSR count). The van der Waals surface area contributed by atoms with Gasteiger partial charge in [-0.1, -0.05) is 12.1 Å². The Labute approximate surface area is 162 Å². The van der Waals surface area contributed by atoms with Gasteiger partial charge in [-0.2, -0.15) is 0 Å². The Morgan fingerprint density at radius 1 is 1.07 bits per heavy atom. The van der Waals surface area contributed by atoms with Crippen molar-refractivity contribution in [2.45, 2.75) is 13.0 Å². The van der Waals surface area contributed by atoms with E-state index in [1.54, 1.807) is 25.7 Å². The molecule has 6 heteroatoms. The lowest BCUT2D eigenvalue weighted by Crippen LogP contribution is -2.01. The molecule has 0 aliphatic rings. The van der Waals surface area contributed by atoms with Crippen LogP contribution >= 0.6 is 0 Å². The van der Waals surface area contributed by atoms with Crippen LogP contribution in [0.3, 0.4) is 0 Å². The van der Waals surface area contributed by atoms with Crippen molar-refractivity contribution in [3.63, 3.8) is 0 Å². The first-order valence-electron chi connectivity index (χ1n) is 8.91. The first-order valence-corrected chi connectivity index (χ1v) is 8.91. The van der Waals surface area contributed by atoms with Crippen LogP contribution in [0.4, 0.5) is 4.39 Å². The minimum atomic E-state index is -0.313. The average Bonchev–Trinajstić information content (AvgIpc) is 3.42. The van der Waals surface area contributed by atoms with E-state index in [1.165, 1.54) is 6.07 Å². The molecule has 0 fully saturated rings. The molecule has 4 aromatic rings. The lowest BCUT2D eigenvalue weighted by atomic mass is 10.1. The third-order valence-corrected chi connectivity index (χ3v) is 4.52. The van der Waals surface area contributed by atoms with Gasteiger partial charge in [-0.25, -0.2) is 9.37 Å². The van der Waals surface area contributed by atoms with E-state index in [2.05, 4.69) is 9.97 Å². The number of halogens is 1. The predicted molar refractivity (Wildman–Crippen MR) is 104 cm³/mol. The van der Waals surface area contributed by atoms with Gasteiger partial charge in [-0.05, 0) is 41.0 Å². The fourth-order valence-corrected chi connectivity index (χ4v) is 3.01. The molecule has 0 spiro atoms. The van der Waals surface area contributed by atoms with Gasteiger partial charge in [-0.15, -0.1) is 0 Å². The molecule has 0 unspecified atom stereocenters. The van der Waals surface area contributed by atoms with E-state index in [9.17, 15) is 4.39 Å². The molecule has 0 radical (unpaired) electrons. The van der Waals surface area contributed by atoms with Crippen LogP contribution in [0.1, 0.15) is 16.7 Å². The molecular weight excluding hydrogens is 357 g/mol. The van der Waals surface area contributed by atoms with Crippen LogP contribution in [-0.2, 0) is 13.0 Å². The van der Waals surface area contributed by atoms with Gasteiger partial charge in [0.2, 0.25) is 0 Å².